The molecule has 0 saturated carbocycles. The van der Waals surface area contributed by atoms with Gasteiger partial charge in [-0.3, -0.25) is 9.59 Å². The maximum atomic E-state index is 12.8. The largest absolute Gasteiger partial charge is 0.487 e. The fraction of sp³-hybridized carbons (Fsp3) is 0.154. The van der Waals surface area contributed by atoms with Crippen molar-refractivity contribution in [1.82, 2.24) is 4.90 Å². The lowest BCUT2D eigenvalue weighted by Gasteiger charge is -2.18. The Balaban J connectivity index is 1.58. The Bertz CT molecular complexity index is 1070. The van der Waals surface area contributed by atoms with Gasteiger partial charge in [-0.2, -0.15) is 0 Å². The number of benzene rings is 3. The summed E-state index contributed by atoms with van der Waals surface area (Å²) in [4.78, 5) is 26.9. The second-order valence-corrected chi connectivity index (χ2v) is 7.23. The van der Waals surface area contributed by atoms with Gasteiger partial charge < -0.3 is 20.3 Å². The van der Waals surface area contributed by atoms with Crippen LogP contribution in [-0.2, 0) is 11.3 Å². The molecule has 0 unspecified atom stereocenters. The van der Waals surface area contributed by atoms with Crippen LogP contribution in [0.3, 0.4) is 0 Å². The first-order chi connectivity index (χ1) is 15.6. The Kier molecular flexibility index (Phi) is 8.03. The van der Waals surface area contributed by atoms with Crippen LogP contribution in [0.15, 0.2) is 91.5 Å². The van der Waals surface area contributed by atoms with E-state index in [1.54, 1.807) is 42.3 Å². The van der Waals surface area contributed by atoms with Crippen molar-refractivity contribution in [2.24, 2.45) is 0 Å². The number of ether oxygens (including phenoxy) is 1. The summed E-state index contributed by atoms with van der Waals surface area (Å²) >= 11 is 0. The quantitative estimate of drug-likeness (QED) is 0.463. The molecule has 0 atom stereocenters. The molecular formula is C26H27N3O3. The monoisotopic (exact) mass is 429 g/mol. The zero-order chi connectivity index (χ0) is 22.8. The first-order valence-electron chi connectivity index (χ1n) is 10.3. The van der Waals surface area contributed by atoms with E-state index in [0.29, 0.717) is 30.2 Å². The topological polar surface area (TPSA) is 70.7 Å². The number of nitrogens with zero attached hydrogens (tertiary/aromatic N) is 1. The van der Waals surface area contributed by atoms with Gasteiger partial charge in [-0.15, -0.1) is 0 Å². The van der Waals surface area contributed by atoms with Crippen molar-refractivity contribution in [3.63, 3.8) is 0 Å². The summed E-state index contributed by atoms with van der Waals surface area (Å²) in [6.07, 6.45) is 1.66. The van der Waals surface area contributed by atoms with Crippen molar-refractivity contribution in [2.45, 2.75) is 6.54 Å². The smallest absolute Gasteiger partial charge is 0.253 e. The minimum absolute atomic E-state index is 0.0561. The van der Waals surface area contributed by atoms with E-state index in [1.807, 2.05) is 54.6 Å². The van der Waals surface area contributed by atoms with E-state index >= 15 is 0 Å². The van der Waals surface area contributed by atoms with E-state index in [9.17, 15) is 9.59 Å². The Hall–Kier alpha value is -4.06. The number of hydrogen-bond donors (Lipinski definition) is 2. The molecule has 0 fully saturated rings. The first kappa shape index (κ1) is 22.6. The predicted molar refractivity (Wildman–Crippen MR) is 128 cm³/mol. The molecule has 6 nitrogen and oxygen atoms in total. The summed E-state index contributed by atoms with van der Waals surface area (Å²) < 4.78 is 5.59. The molecule has 0 aliphatic rings. The Morgan fingerprint density at radius 1 is 1.00 bits per heavy atom. The Morgan fingerprint density at radius 3 is 2.53 bits per heavy atom. The number of carbonyl (C=O) groups is 2. The standard InChI is InChI=1S/C26H27N3O3/c1-3-16-32-24-15-8-7-14-23(24)27-18-25(30)28-22-13-9-12-21(17-22)26(31)29(2)19-20-10-5-4-6-11-20/h3-15,17,27H,1,16,18-19H2,2H3,(H,28,30). The van der Waals surface area contributed by atoms with Crippen molar-refractivity contribution in [3.8, 4) is 5.75 Å². The van der Waals surface area contributed by atoms with E-state index in [-0.39, 0.29) is 18.4 Å². The average Bonchev–Trinajstić information content (AvgIpc) is 2.82. The highest BCUT2D eigenvalue weighted by atomic mass is 16.5. The van der Waals surface area contributed by atoms with Crippen LogP contribution in [0.4, 0.5) is 11.4 Å². The molecule has 0 bridgehead atoms. The van der Waals surface area contributed by atoms with Crippen LogP contribution in [0.1, 0.15) is 15.9 Å². The number of nitrogens with one attached hydrogen (secondary N) is 2. The fourth-order valence-electron chi connectivity index (χ4n) is 3.15. The lowest BCUT2D eigenvalue weighted by atomic mass is 10.1. The number of hydrogen-bond acceptors (Lipinski definition) is 4. The molecule has 0 aliphatic carbocycles. The van der Waals surface area contributed by atoms with Gasteiger partial charge in [0, 0.05) is 24.8 Å². The van der Waals surface area contributed by atoms with Gasteiger partial charge in [-0.1, -0.05) is 61.2 Å². The van der Waals surface area contributed by atoms with E-state index in [2.05, 4.69) is 17.2 Å². The zero-order valence-corrected chi connectivity index (χ0v) is 18.1. The van der Waals surface area contributed by atoms with Gasteiger partial charge in [0.1, 0.15) is 12.4 Å². The maximum Gasteiger partial charge on any atom is 0.253 e. The van der Waals surface area contributed by atoms with E-state index in [1.165, 1.54) is 0 Å². The van der Waals surface area contributed by atoms with Gasteiger partial charge in [0.25, 0.3) is 5.91 Å². The van der Waals surface area contributed by atoms with Gasteiger partial charge in [0.15, 0.2) is 0 Å². The minimum atomic E-state index is -0.231. The molecule has 0 aliphatic heterocycles. The molecule has 164 valence electrons. The van der Waals surface area contributed by atoms with Crippen LogP contribution in [0.25, 0.3) is 0 Å². The molecule has 0 radical (unpaired) electrons. The molecular weight excluding hydrogens is 402 g/mol. The fourth-order valence-corrected chi connectivity index (χ4v) is 3.15. The zero-order valence-electron chi connectivity index (χ0n) is 18.1. The summed E-state index contributed by atoms with van der Waals surface area (Å²) in [6.45, 7) is 4.58. The van der Waals surface area contributed by atoms with E-state index < -0.39 is 0 Å². The van der Waals surface area contributed by atoms with Crippen molar-refractivity contribution in [2.75, 3.05) is 30.8 Å². The third kappa shape index (κ3) is 6.47. The summed E-state index contributed by atoms with van der Waals surface area (Å²) in [5, 5.41) is 5.91. The minimum Gasteiger partial charge on any atom is -0.487 e. The first-order valence-corrected chi connectivity index (χ1v) is 10.3. The van der Waals surface area contributed by atoms with Crippen molar-refractivity contribution in [3.05, 3.63) is 103 Å². The van der Waals surface area contributed by atoms with Crippen molar-refractivity contribution >= 4 is 23.2 Å². The van der Waals surface area contributed by atoms with Crippen LogP contribution in [0.2, 0.25) is 0 Å². The van der Waals surface area contributed by atoms with Crippen molar-refractivity contribution < 1.29 is 14.3 Å². The number of amides is 2. The lowest BCUT2D eigenvalue weighted by Crippen LogP contribution is -2.26. The molecule has 32 heavy (non-hydrogen) atoms. The number of carbonyl (C=O) groups excluding carboxylic acids is 2. The third-order valence-corrected chi connectivity index (χ3v) is 4.69. The van der Waals surface area contributed by atoms with Crippen LogP contribution in [0, 0.1) is 0 Å². The molecule has 0 aromatic heterocycles. The van der Waals surface area contributed by atoms with Gasteiger partial charge in [-0.25, -0.2) is 0 Å². The van der Waals surface area contributed by atoms with Crippen LogP contribution >= 0.6 is 0 Å². The molecule has 2 N–H and O–H groups in total. The Morgan fingerprint density at radius 2 is 1.75 bits per heavy atom. The second kappa shape index (κ2) is 11.4. The SMILES string of the molecule is C=CCOc1ccccc1NCC(=O)Nc1cccc(C(=O)N(C)Cc2ccccc2)c1. The molecule has 6 heteroatoms. The Labute approximate surface area is 188 Å². The van der Waals surface area contributed by atoms with Gasteiger partial charge in [0.05, 0.1) is 12.2 Å². The van der Waals surface area contributed by atoms with Crippen LogP contribution in [-0.4, -0.2) is 36.9 Å². The number of rotatable bonds is 10. The molecule has 3 rings (SSSR count). The molecule has 0 saturated heterocycles. The van der Waals surface area contributed by atoms with Gasteiger partial charge >= 0.3 is 0 Å². The van der Waals surface area contributed by atoms with E-state index in [0.717, 1.165) is 11.3 Å². The second-order valence-electron chi connectivity index (χ2n) is 7.23. The maximum absolute atomic E-state index is 12.8. The summed E-state index contributed by atoms with van der Waals surface area (Å²) in [6, 6.07) is 24.1. The summed E-state index contributed by atoms with van der Waals surface area (Å²) in [7, 11) is 1.76. The third-order valence-electron chi connectivity index (χ3n) is 4.69. The number of anilines is 2. The predicted octanol–water partition coefficient (Wildman–Crippen LogP) is 4.57. The summed E-state index contributed by atoms with van der Waals surface area (Å²) in [5.74, 6) is 0.302. The highest BCUT2D eigenvalue weighted by molar-refractivity contribution is 5.98. The molecule has 2 amide bonds. The number of para-hydroxylation sites is 2. The normalized spacial score (nSPS) is 10.2. The van der Waals surface area contributed by atoms with Gasteiger partial charge in [0.2, 0.25) is 5.91 Å². The average molecular weight is 430 g/mol. The van der Waals surface area contributed by atoms with E-state index in [4.69, 9.17) is 4.74 Å². The molecule has 3 aromatic rings. The summed E-state index contributed by atoms with van der Waals surface area (Å²) in [5.41, 5.74) is 2.84. The molecule has 0 spiro atoms. The molecule has 3 aromatic carbocycles. The van der Waals surface area contributed by atoms with Gasteiger partial charge in [-0.05, 0) is 35.9 Å². The van der Waals surface area contributed by atoms with Crippen LogP contribution in [0.5, 0.6) is 5.75 Å². The molecule has 0 heterocycles. The highest BCUT2D eigenvalue weighted by Crippen LogP contribution is 2.23. The van der Waals surface area contributed by atoms with Crippen molar-refractivity contribution in [1.29, 1.82) is 0 Å². The lowest BCUT2D eigenvalue weighted by molar-refractivity contribution is -0.114. The highest BCUT2D eigenvalue weighted by Gasteiger charge is 2.13. The van der Waals surface area contributed by atoms with Crippen LogP contribution < -0.4 is 15.4 Å².